The van der Waals surface area contributed by atoms with E-state index < -0.39 is 26.8 Å². The molecular formula is C11H16F3N3O2S. The topological polar surface area (TPSA) is 64.0 Å². The number of nitrogens with zero attached hydrogens (tertiary/aromatic N) is 2. The summed E-state index contributed by atoms with van der Waals surface area (Å²) in [5.41, 5.74) is -1.47. The van der Waals surface area contributed by atoms with Gasteiger partial charge in [-0.3, -0.25) is 4.68 Å². The Balaban J connectivity index is 2.26. The maximum absolute atomic E-state index is 12.8. The van der Waals surface area contributed by atoms with Gasteiger partial charge in [0.05, 0.1) is 0 Å². The van der Waals surface area contributed by atoms with Crippen molar-refractivity contribution in [3.8, 4) is 0 Å². The number of aromatic nitrogens is 2. The molecule has 5 nitrogen and oxygen atoms in total. The maximum Gasteiger partial charge on any atom is 0.436 e. The van der Waals surface area contributed by atoms with E-state index in [4.69, 9.17) is 0 Å². The van der Waals surface area contributed by atoms with Gasteiger partial charge in [-0.2, -0.15) is 18.3 Å². The second-order valence-corrected chi connectivity index (χ2v) is 6.93. The Labute approximate surface area is 115 Å². The van der Waals surface area contributed by atoms with Crippen molar-refractivity contribution >= 4 is 10.0 Å². The fourth-order valence-corrected chi connectivity index (χ4v) is 3.37. The number of halogens is 3. The fourth-order valence-electron chi connectivity index (χ4n) is 2.02. The monoisotopic (exact) mass is 311 g/mol. The fraction of sp³-hybridized carbons (Fsp3) is 0.727. The van der Waals surface area contributed by atoms with Crippen molar-refractivity contribution in [2.24, 2.45) is 12.5 Å². The molecule has 0 radical (unpaired) electrons. The number of nitrogens with one attached hydrogen (secondary N) is 1. The summed E-state index contributed by atoms with van der Waals surface area (Å²) in [7, 11) is -2.96. The van der Waals surface area contributed by atoms with Crippen molar-refractivity contribution in [2.75, 3.05) is 6.54 Å². The van der Waals surface area contributed by atoms with E-state index in [1.165, 1.54) is 7.05 Å². The summed E-state index contributed by atoms with van der Waals surface area (Å²) in [5.74, 6) is 0. The van der Waals surface area contributed by atoms with Gasteiger partial charge in [0, 0.05) is 19.8 Å². The van der Waals surface area contributed by atoms with Gasteiger partial charge in [0.15, 0.2) is 5.69 Å². The average Bonchev–Trinajstić information content (AvgIpc) is 3.00. The van der Waals surface area contributed by atoms with Crippen LogP contribution in [-0.2, 0) is 23.2 Å². The highest BCUT2D eigenvalue weighted by Gasteiger charge is 2.44. The predicted molar refractivity (Wildman–Crippen MR) is 65.4 cm³/mol. The third-order valence-electron chi connectivity index (χ3n) is 3.70. The van der Waals surface area contributed by atoms with Crippen molar-refractivity contribution in [2.45, 2.75) is 37.3 Å². The lowest BCUT2D eigenvalue weighted by Crippen LogP contribution is -2.31. The minimum atomic E-state index is -4.80. The van der Waals surface area contributed by atoms with Crippen LogP contribution in [0, 0.1) is 5.41 Å². The van der Waals surface area contributed by atoms with Crippen molar-refractivity contribution in [3.63, 3.8) is 0 Å². The molecule has 9 heteroatoms. The minimum absolute atomic E-state index is 0.0896. The van der Waals surface area contributed by atoms with E-state index in [1.807, 2.05) is 6.92 Å². The molecule has 0 spiro atoms. The van der Waals surface area contributed by atoms with Crippen LogP contribution in [0.3, 0.4) is 0 Å². The predicted octanol–water partition coefficient (Wildman–Crippen LogP) is 1.91. The first kappa shape index (κ1) is 15.3. The second kappa shape index (κ2) is 4.73. The summed E-state index contributed by atoms with van der Waals surface area (Å²) < 4.78 is 65.5. The van der Waals surface area contributed by atoms with Crippen LogP contribution in [0.2, 0.25) is 0 Å². The van der Waals surface area contributed by atoms with Crippen LogP contribution >= 0.6 is 0 Å². The summed E-state index contributed by atoms with van der Waals surface area (Å²) in [5, 5.41) is 3.20. The molecule has 1 fully saturated rings. The van der Waals surface area contributed by atoms with E-state index in [9.17, 15) is 21.6 Å². The van der Waals surface area contributed by atoms with Crippen LogP contribution in [0.1, 0.15) is 31.9 Å². The number of alkyl halides is 3. The third kappa shape index (κ3) is 2.98. The Kier molecular flexibility index (Phi) is 3.62. The van der Waals surface area contributed by atoms with Gasteiger partial charge in [0.1, 0.15) is 4.90 Å². The molecule has 0 saturated heterocycles. The first-order valence-corrected chi connectivity index (χ1v) is 7.68. The number of aryl methyl sites for hydroxylation is 1. The van der Waals surface area contributed by atoms with Crippen molar-refractivity contribution in [3.05, 3.63) is 11.9 Å². The molecule has 0 aliphatic heterocycles. The second-order valence-electron chi connectivity index (χ2n) is 5.19. The molecule has 1 aliphatic rings. The van der Waals surface area contributed by atoms with Crippen LogP contribution in [0.4, 0.5) is 13.2 Å². The molecule has 1 saturated carbocycles. The van der Waals surface area contributed by atoms with E-state index in [0.29, 0.717) is 0 Å². The Morgan fingerprint density at radius 1 is 1.45 bits per heavy atom. The van der Waals surface area contributed by atoms with Crippen molar-refractivity contribution < 1.29 is 21.6 Å². The Bertz CT molecular complexity index is 603. The molecule has 0 aromatic carbocycles. The number of sulfonamides is 1. The van der Waals surface area contributed by atoms with Crippen LogP contribution < -0.4 is 4.72 Å². The Morgan fingerprint density at radius 3 is 2.50 bits per heavy atom. The summed E-state index contributed by atoms with van der Waals surface area (Å²) in [6, 6.07) is 0. The van der Waals surface area contributed by atoms with Crippen LogP contribution in [0.5, 0.6) is 0 Å². The third-order valence-corrected chi connectivity index (χ3v) is 5.10. The van der Waals surface area contributed by atoms with Crippen molar-refractivity contribution in [1.82, 2.24) is 14.5 Å². The smallest absolute Gasteiger partial charge is 0.274 e. The van der Waals surface area contributed by atoms with Crippen LogP contribution in [0.15, 0.2) is 11.1 Å². The van der Waals surface area contributed by atoms with Crippen LogP contribution in [-0.4, -0.2) is 24.7 Å². The average molecular weight is 311 g/mol. The molecule has 0 atom stereocenters. The van der Waals surface area contributed by atoms with Gasteiger partial charge in [-0.1, -0.05) is 6.92 Å². The molecule has 114 valence electrons. The van der Waals surface area contributed by atoms with Gasteiger partial charge in [-0.25, -0.2) is 13.1 Å². The normalized spacial score (nSPS) is 18.2. The van der Waals surface area contributed by atoms with E-state index in [0.717, 1.165) is 30.1 Å². The number of hydrogen-bond acceptors (Lipinski definition) is 3. The SMILES string of the molecule is CCC1(CNS(=O)(=O)c2cn(C)nc2C(F)(F)F)CC1. The van der Waals surface area contributed by atoms with Gasteiger partial charge < -0.3 is 0 Å². The highest BCUT2D eigenvalue weighted by atomic mass is 32.2. The number of hydrogen-bond donors (Lipinski definition) is 1. The minimum Gasteiger partial charge on any atom is -0.274 e. The highest BCUT2D eigenvalue weighted by molar-refractivity contribution is 7.89. The molecule has 1 heterocycles. The first-order valence-electron chi connectivity index (χ1n) is 6.20. The van der Waals surface area contributed by atoms with Gasteiger partial charge >= 0.3 is 6.18 Å². The molecule has 1 N–H and O–H groups in total. The molecule has 0 unspecified atom stereocenters. The van der Waals surface area contributed by atoms with E-state index >= 15 is 0 Å². The van der Waals surface area contributed by atoms with Crippen LogP contribution in [0.25, 0.3) is 0 Å². The molecule has 1 aromatic heterocycles. The molecular weight excluding hydrogens is 295 g/mol. The van der Waals surface area contributed by atoms with E-state index in [2.05, 4.69) is 9.82 Å². The van der Waals surface area contributed by atoms with E-state index in [-0.39, 0.29) is 12.0 Å². The van der Waals surface area contributed by atoms with Gasteiger partial charge in [0.25, 0.3) is 0 Å². The standard InChI is InChI=1S/C11H16F3N3O2S/c1-3-10(4-5-10)7-15-20(18,19)8-6-17(2)16-9(8)11(12,13)14/h6,15H,3-5,7H2,1-2H3. The molecule has 2 rings (SSSR count). The lowest BCUT2D eigenvalue weighted by atomic mass is 10.1. The number of rotatable bonds is 5. The summed E-state index contributed by atoms with van der Waals surface area (Å²) in [4.78, 5) is -0.820. The Hall–Kier alpha value is -1.09. The largest absolute Gasteiger partial charge is 0.436 e. The van der Waals surface area contributed by atoms with Gasteiger partial charge in [-0.05, 0) is 24.7 Å². The van der Waals surface area contributed by atoms with E-state index in [1.54, 1.807) is 0 Å². The first-order chi connectivity index (χ1) is 9.10. The lowest BCUT2D eigenvalue weighted by molar-refractivity contribution is -0.143. The highest BCUT2D eigenvalue weighted by Crippen LogP contribution is 2.48. The Morgan fingerprint density at radius 2 is 2.05 bits per heavy atom. The summed E-state index contributed by atoms with van der Waals surface area (Å²) >= 11 is 0. The zero-order valence-corrected chi connectivity index (χ0v) is 12.0. The lowest BCUT2D eigenvalue weighted by Gasteiger charge is -2.14. The summed E-state index contributed by atoms with van der Waals surface area (Å²) in [6.07, 6.45) is -1.34. The molecule has 1 aromatic rings. The van der Waals surface area contributed by atoms with Crippen molar-refractivity contribution in [1.29, 1.82) is 0 Å². The quantitative estimate of drug-likeness (QED) is 0.903. The summed E-state index contributed by atoms with van der Waals surface area (Å²) in [6.45, 7) is 2.10. The zero-order valence-electron chi connectivity index (χ0n) is 11.2. The van der Waals surface area contributed by atoms with Gasteiger partial charge in [-0.15, -0.1) is 0 Å². The molecule has 0 amide bonds. The molecule has 1 aliphatic carbocycles. The van der Waals surface area contributed by atoms with Gasteiger partial charge in [0.2, 0.25) is 10.0 Å². The zero-order chi connectivity index (χ0) is 15.2. The molecule has 20 heavy (non-hydrogen) atoms. The maximum atomic E-state index is 12.8. The molecule has 0 bridgehead atoms.